The van der Waals surface area contributed by atoms with Gasteiger partial charge in [0.1, 0.15) is 0 Å². The minimum absolute atomic E-state index is 0.716. The van der Waals surface area contributed by atoms with Crippen molar-refractivity contribution in [3.05, 3.63) is 0 Å². The van der Waals surface area contributed by atoms with Gasteiger partial charge in [0.25, 0.3) is 0 Å². The van der Waals surface area contributed by atoms with Crippen LogP contribution in [0.25, 0.3) is 0 Å². The lowest BCUT2D eigenvalue weighted by molar-refractivity contribution is 0.0613. The van der Waals surface area contributed by atoms with Crippen LogP contribution >= 0.6 is 11.8 Å². The van der Waals surface area contributed by atoms with E-state index < -0.39 is 0 Å². The van der Waals surface area contributed by atoms with E-state index in [0.717, 1.165) is 25.7 Å². The van der Waals surface area contributed by atoms with Crippen molar-refractivity contribution < 1.29 is 4.74 Å². The standard InChI is InChI=1S/C13H27NOS/c1-3-7-14-13(11-16-4-2)10-12-5-8-15-9-6-12/h12-14H,3-11H2,1-2H3. The molecular weight excluding hydrogens is 218 g/mol. The summed E-state index contributed by atoms with van der Waals surface area (Å²) in [6.07, 6.45) is 5.11. The van der Waals surface area contributed by atoms with Gasteiger partial charge >= 0.3 is 0 Å². The molecule has 1 N–H and O–H groups in total. The molecule has 1 rings (SSSR count). The number of nitrogens with one attached hydrogen (secondary N) is 1. The molecule has 1 heterocycles. The quantitative estimate of drug-likeness (QED) is 0.710. The molecule has 1 atom stereocenters. The van der Waals surface area contributed by atoms with E-state index in [1.807, 2.05) is 0 Å². The van der Waals surface area contributed by atoms with Gasteiger partial charge in [0.15, 0.2) is 0 Å². The fraction of sp³-hybridized carbons (Fsp3) is 1.00. The van der Waals surface area contributed by atoms with Gasteiger partial charge in [-0.3, -0.25) is 0 Å². The van der Waals surface area contributed by atoms with E-state index in [0.29, 0.717) is 6.04 Å². The molecule has 0 bridgehead atoms. The monoisotopic (exact) mass is 245 g/mol. The van der Waals surface area contributed by atoms with Crippen LogP contribution in [0, 0.1) is 5.92 Å². The molecule has 2 nitrogen and oxygen atoms in total. The van der Waals surface area contributed by atoms with E-state index in [4.69, 9.17) is 4.74 Å². The van der Waals surface area contributed by atoms with Crippen molar-refractivity contribution in [3.63, 3.8) is 0 Å². The minimum Gasteiger partial charge on any atom is -0.381 e. The highest BCUT2D eigenvalue weighted by Gasteiger charge is 2.18. The maximum Gasteiger partial charge on any atom is 0.0468 e. The average Bonchev–Trinajstić information content (AvgIpc) is 2.34. The normalized spacial score (nSPS) is 19.9. The first kappa shape index (κ1) is 14.3. The number of rotatable bonds is 8. The van der Waals surface area contributed by atoms with Crippen LogP contribution < -0.4 is 5.32 Å². The Balaban J connectivity index is 2.23. The molecule has 0 aromatic rings. The molecule has 1 aliphatic heterocycles. The fourth-order valence-electron chi connectivity index (χ4n) is 2.20. The van der Waals surface area contributed by atoms with E-state index in [1.54, 1.807) is 0 Å². The van der Waals surface area contributed by atoms with Crippen molar-refractivity contribution in [2.24, 2.45) is 5.92 Å². The second-order valence-corrected chi connectivity index (χ2v) is 5.92. The maximum absolute atomic E-state index is 5.42. The van der Waals surface area contributed by atoms with Crippen LogP contribution in [0.4, 0.5) is 0 Å². The second-order valence-electron chi connectivity index (χ2n) is 4.60. The second kappa shape index (κ2) is 9.32. The Morgan fingerprint density at radius 2 is 2.06 bits per heavy atom. The molecule has 0 aliphatic carbocycles. The molecule has 1 unspecified atom stereocenters. The van der Waals surface area contributed by atoms with Gasteiger partial charge in [-0.2, -0.15) is 11.8 Å². The smallest absolute Gasteiger partial charge is 0.0468 e. The van der Waals surface area contributed by atoms with Crippen molar-refractivity contribution in [2.75, 3.05) is 31.3 Å². The molecule has 1 aliphatic rings. The highest BCUT2D eigenvalue weighted by atomic mass is 32.2. The molecule has 0 aromatic carbocycles. The Bertz CT molecular complexity index is 152. The van der Waals surface area contributed by atoms with Crippen LogP contribution in [0.2, 0.25) is 0 Å². The van der Waals surface area contributed by atoms with Crippen molar-refractivity contribution in [3.8, 4) is 0 Å². The summed E-state index contributed by atoms with van der Waals surface area (Å²) >= 11 is 2.06. The first-order chi connectivity index (χ1) is 7.86. The summed E-state index contributed by atoms with van der Waals surface area (Å²) in [6.45, 7) is 7.61. The van der Waals surface area contributed by atoms with Gasteiger partial charge in [-0.05, 0) is 43.9 Å². The van der Waals surface area contributed by atoms with E-state index in [1.165, 1.54) is 37.2 Å². The number of ether oxygens (including phenoxy) is 1. The number of hydrogen-bond donors (Lipinski definition) is 1. The van der Waals surface area contributed by atoms with Crippen molar-refractivity contribution in [2.45, 2.75) is 45.6 Å². The van der Waals surface area contributed by atoms with Crippen LogP contribution in [0.3, 0.4) is 0 Å². The molecule has 0 spiro atoms. The lowest BCUT2D eigenvalue weighted by Gasteiger charge is -2.27. The first-order valence-corrected chi connectivity index (χ1v) is 7.91. The summed E-state index contributed by atoms with van der Waals surface area (Å²) in [6, 6.07) is 0.716. The topological polar surface area (TPSA) is 21.3 Å². The number of hydrogen-bond acceptors (Lipinski definition) is 3. The lowest BCUT2D eigenvalue weighted by atomic mass is 9.93. The third kappa shape index (κ3) is 6.12. The van der Waals surface area contributed by atoms with Gasteiger partial charge in [-0.25, -0.2) is 0 Å². The summed E-state index contributed by atoms with van der Waals surface area (Å²) in [5.41, 5.74) is 0. The van der Waals surface area contributed by atoms with E-state index >= 15 is 0 Å². The third-order valence-electron chi connectivity index (χ3n) is 3.16. The SMILES string of the molecule is CCCNC(CSCC)CC1CCOCC1. The Kier molecular flexibility index (Phi) is 8.34. The average molecular weight is 245 g/mol. The molecule has 1 saturated heterocycles. The summed E-state index contributed by atoms with van der Waals surface area (Å²) in [7, 11) is 0. The van der Waals surface area contributed by atoms with Crippen molar-refractivity contribution in [1.29, 1.82) is 0 Å². The minimum atomic E-state index is 0.716. The predicted molar refractivity (Wildman–Crippen MR) is 73.2 cm³/mol. The summed E-state index contributed by atoms with van der Waals surface area (Å²) in [5.74, 6) is 3.40. The molecule has 3 heteroatoms. The number of thioether (sulfide) groups is 1. The van der Waals surface area contributed by atoms with Gasteiger partial charge in [-0.15, -0.1) is 0 Å². The van der Waals surface area contributed by atoms with Crippen LogP contribution in [0.15, 0.2) is 0 Å². The van der Waals surface area contributed by atoms with E-state index in [-0.39, 0.29) is 0 Å². The molecule has 1 fully saturated rings. The molecule has 0 radical (unpaired) electrons. The summed E-state index contributed by atoms with van der Waals surface area (Å²) in [5, 5.41) is 3.69. The van der Waals surface area contributed by atoms with Crippen LogP contribution in [0.5, 0.6) is 0 Å². The zero-order valence-corrected chi connectivity index (χ0v) is 11.7. The third-order valence-corrected chi connectivity index (χ3v) is 4.21. The van der Waals surface area contributed by atoms with Gasteiger partial charge in [0.2, 0.25) is 0 Å². The largest absolute Gasteiger partial charge is 0.381 e. The van der Waals surface area contributed by atoms with Crippen molar-refractivity contribution in [1.82, 2.24) is 5.32 Å². The van der Waals surface area contributed by atoms with Crippen LogP contribution in [-0.4, -0.2) is 37.3 Å². The van der Waals surface area contributed by atoms with Gasteiger partial charge < -0.3 is 10.1 Å². The lowest BCUT2D eigenvalue weighted by Crippen LogP contribution is -2.35. The van der Waals surface area contributed by atoms with Gasteiger partial charge in [-0.1, -0.05) is 13.8 Å². The molecule has 0 amide bonds. The zero-order valence-electron chi connectivity index (χ0n) is 10.8. The summed E-state index contributed by atoms with van der Waals surface area (Å²) in [4.78, 5) is 0. The molecule has 0 saturated carbocycles. The highest BCUT2D eigenvalue weighted by Crippen LogP contribution is 2.21. The highest BCUT2D eigenvalue weighted by molar-refractivity contribution is 7.99. The Morgan fingerprint density at radius 3 is 2.69 bits per heavy atom. The van der Waals surface area contributed by atoms with Gasteiger partial charge in [0.05, 0.1) is 0 Å². The molecule has 96 valence electrons. The zero-order chi connectivity index (χ0) is 11.6. The molecule has 0 aromatic heterocycles. The summed E-state index contributed by atoms with van der Waals surface area (Å²) < 4.78 is 5.42. The van der Waals surface area contributed by atoms with Gasteiger partial charge in [0, 0.05) is 25.0 Å². The first-order valence-electron chi connectivity index (χ1n) is 6.75. The maximum atomic E-state index is 5.42. The Hall–Kier alpha value is 0.270. The Labute approximate surface area is 105 Å². The Morgan fingerprint density at radius 1 is 1.31 bits per heavy atom. The molecular formula is C13H27NOS. The van der Waals surface area contributed by atoms with Crippen LogP contribution in [-0.2, 0) is 4.74 Å². The van der Waals surface area contributed by atoms with E-state index in [9.17, 15) is 0 Å². The van der Waals surface area contributed by atoms with Crippen molar-refractivity contribution >= 4 is 11.8 Å². The van der Waals surface area contributed by atoms with Crippen LogP contribution in [0.1, 0.15) is 39.5 Å². The fourth-order valence-corrected chi connectivity index (χ4v) is 2.98. The van der Waals surface area contributed by atoms with E-state index in [2.05, 4.69) is 30.9 Å². The predicted octanol–water partition coefficient (Wildman–Crippen LogP) is 2.92. The molecule has 16 heavy (non-hydrogen) atoms.